The van der Waals surface area contributed by atoms with Crippen LogP contribution in [-0.4, -0.2) is 44.3 Å². The predicted octanol–water partition coefficient (Wildman–Crippen LogP) is 0.835. The van der Waals surface area contributed by atoms with Crippen molar-refractivity contribution in [2.45, 2.75) is 37.8 Å². The van der Waals surface area contributed by atoms with E-state index in [1.165, 1.54) is 12.8 Å². The molecule has 3 heteroatoms. The molecular weight excluding hydrogens is 164 g/mol. The number of hydrogen-bond donors (Lipinski definition) is 1. The third-order valence-corrected chi connectivity index (χ3v) is 2.80. The fraction of sp³-hybridized carbons (Fsp3) is 1.00. The Morgan fingerprint density at radius 1 is 1.54 bits per heavy atom. The Bertz CT molecular complexity index is 137. The highest BCUT2D eigenvalue weighted by molar-refractivity contribution is 4.86. The predicted molar refractivity (Wildman–Crippen MR) is 54.7 cm³/mol. The SMILES string of the molecule is COCC(CCCN)N(C)C1CC1. The Labute approximate surface area is 81.2 Å². The molecule has 0 spiro atoms. The molecule has 0 aliphatic heterocycles. The summed E-state index contributed by atoms with van der Waals surface area (Å²) in [7, 11) is 3.98. The number of rotatable bonds is 7. The second kappa shape index (κ2) is 5.58. The van der Waals surface area contributed by atoms with Gasteiger partial charge in [-0.3, -0.25) is 4.90 Å². The molecule has 1 unspecified atom stereocenters. The molecule has 0 amide bonds. The van der Waals surface area contributed by atoms with Crippen molar-refractivity contribution in [3.63, 3.8) is 0 Å². The molecule has 0 saturated heterocycles. The van der Waals surface area contributed by atoms with Gasteiger partial charge in [0.25, 0.3) is 0 Å². The topological polar surface area (TPSA) is 38.5 Å². The summed E-state index contributed by atoms with van der Waals surface area (Å²) in [5.41, 5.74) is 5.51. The normalized spacial score (nSPS) is 19.4. The standard InChI is InChI=1S/C10H22N2O/c1-12(9-5-6-9)10(8-13-2)4-3-7-11/h9-10H,3-8,11H2,1-2H3. The monoisotopic (exact) mass is 186 g/mol. The van der Waals surface area contributed by atoms with E-state index in [1.54, 1.807) is 7.11 Å². The van der Waals surface area contributed by atoms with Gasteiger partial charge in [0.1, 0.15) is 0 Å². The summed E-state index contributed by atoms with van der Waals surface area (Å²) in [6, 6.07) is 1.39. The number of methoxy groups -OCH3 is 1. The lowest BCUT2D eigenvalue weighted by Crippen LogP contribution is -2.37. The van der Waals surface area contributed by atoms with Crippen LogP contribution in [0, 0.1) is 0 Å². The third-order valence-electron chi connectivity index (χ3n) is 2.80. The minimum Gasteiger partial charge on any atom is -0.383 e. The second-order valence-corrected chi connectivity index (χ2v) is 3.94. The molecule has 78 valence electrons. The molecule has 13 heavy (non-hydrogen) atoms. The van der Waals surface area contributed by atoms with Gasteiger partial charge in [-0.2, -0.15) is 0 Å². The maximum absolute atomic E-state index is 5.51. The Kier molecular flexibility index (Phi) is 4.70. The van der Waals surface area contributed by atoms with Gasteiger partial charge < -0.3 is 10.5 Å². The zero-order chi connectivity index (χ0) is 9.68. The molecule has 0 radical (unpaired) electrons. The summed E-state index contributed by atoms with van der Waals surface area (Å²) in [6.45, 7) is 1.63. The first-order chi connectivity index (χ1) is 6.29. The summed E-state index contributed by atoms with van der Waals surface area (Å²) in [6.07, 6.45) is 4.99. The smallest absolute Gasteiger partial charge is 0.0618 e. The molecule has 1 aliphatic rings. The second-order valence-electron chi connectivity index (χ2n) is 3.94. The van der Waals surface area contributed by atoms with E-state index >= 15 is 0 Å². The largest absolute Gasteiger partial charge is 0.383 e. The summed E-state index contributed by atoms with van der Waals surface area (Å²) < 4.78 is 5.22. The first-order valence-electron chi connectivity index (χ1n) is 5.20. The molecule has 1 fully saturated rings. The summed E-state index contributed by atoms with van der Waals surface area (Å²) in [5, 5.41) is 0. The van der Waals surface area contributed by atoms with E-state index in [4.69, 9.17) is 10.5 Å². The average Bonchev–Trinajstić information content (AvgIpc) is 2.94. The van der Waals surface area contributed by atoms with Crippen LogP contribution in [0.5, 0.6) is 0 Å². The van der Waals surface area contributed by atoms with Crippen molar-refractivity contribution in [3.8, 4) is 0 Å². The molecule has 3 nitrogen and oxygen atoms in total. The Morgan fingerprint density at radius 2 is 2.23 bits per heavy atom. The van der Waals surface area contributed by atoms with E-state index < -0.39 is 0 Å². The van der Waals surface area contributed by atoms with Gasteiger partial charge in [0, 0.05) is 19.2 Å². The maximum Gasteiger partial charge on any atom is 0.0618 e. The minimum absolute atomic E-state index is 0.570. The van der Waals surface area contributed by atoms with E-state index in [1.807, 2.05) is 0 Å². The van der Waals surface area contributed by atoms with Crippen LogP contribution in [0.1, 0.15) is 25.7 Å². The van der Waals surface area contributed by atoms with Crippen LogP contribution in [-0.2, 0) is 4.74 Å². The lowest BCUT2D eigenvalue weighted by Gasteiger charge is -2.27. The maximum atomic E-state index is 5.51. The molecule has 0 aromatic carbocycles. The molecule has 1 atom stereocenters. The van der Waals surface area contributed by atoms with Gasteiger partial charge in [-0.05, 0) is 39.3 Å². The molecular formula is C10H22N2O. The fourth-order valence-corrected chi connectivity index (χ4v) is 1.73. The Hall–Kier alpha value is -0.120. The minimum atomic E-state index is 0.570. The van der Waals surface area contributed by atoms with Gasteiger partial charge in [-0.15, -0.1) is 0 Å². The van der Waals surface area contributed by atoms with Gasteiger partial charge in [0.2, 0.25) is 0 Å². The first-order valence-corrected chi connectivity index (χ1v) is 5.20. The van der Waals surface area contributed by atoms with Gasteiger partial charge in [0.05, 0.1) is 6.61 Å². The van der Waals surface area contributed by atoms with Gasteiger partial charge in [-0.1, -0.05) is 0 Å². The molecule has 0 aromatic heterocycles. The molecule has 1 saturated carbocycles. The highest BCUT2D eigenvalue weighted by atomic mass is 16.5. The van der Waals surface area contributed by atoms with E-state index in [-0.39, 0.29) is 0 Å². The fourth-order valence-electron chi connectivity index (χ4n) is 1.73. The lowest BCUT2D eigenvalue weighted by atomic mass is 10.1. The number of ether oxygens (including phenoxy) is 1. The van der Waals surface area contributed by atoms with E-state index in [0.717, 1.165) is 32.0 Å². The Morgan fingerprint density at radius 3 is 2.69 bits per heavy atom. The number of hydrogen-bond acceptors (Lipinski definition) is 3. The highest BCUT2D eigenvalue weighted by Crippen LogP contribution is 2.28. The molecule has 1 aliphatic carbocycles. The van der Waals surface area contributed by atoms with Crippen molar-refractivity contribution in [2.24, 2.45) is 5.73 Å². The molecule has 2 N–H and O–H groups in total. The number of likely N-dealkylation sites (N-methyl/N-ethyl adjacent to an activating group) is 1. The van der Waals surface area contributed by atoms with Crippen molar-refractivity contribution < 1.29 is 4.74 Å². The average molecular weight is 186 g/mol. The van der Waals surface area contributed by atoms with Gasteiger partial charge >= 0.3 is 0 Å². The molecule has 0 aromatic rings. The molecule has 0 heterocycles. The number of nitrogens with two attached hydrogens (primary N) is 1. The summed E-state index contributed by atoms with van der Waals surface area (Å²) in [4.78, 5) is 2.46. The van der Waals surface area contributed by atoms with E-state index in [0.29, 0.717) is 6.04 Å². The van der Waals surface area contributed by atoms with Crippen molar-refractivity contribution in [3.05, 3.63) is 0 Å². The zero-order valence-corrected chi connectivity index (χ0v) is 8.83. The quantitative estimate of drug-likeness (QED) is 0.640. The summed E-state index contributed by atoms with van der Waals surface area (Å²) in [5.74, 6) is 0. The number of nitrogens with zero attached hydrogens (tertiary/aromatic N) is 1. The highest BCUT2D eigenvalue weighted by Gasteiger charge is 2.30. The Balaban J connectivity index is 2.26. The molecule has 0 bridgehead atoms. The summed E-state index contributed by atoms with van der Waals surface area (Å²) >= 11 is 0. The third kappa shape index (κ3) is 3.63. The van der Waals surface area contributed by atoms with E-state index in [9.17, 15) is 0 Å². The van der Waals surface area contributed by atoms with Crippen LogP contribution < -0.4 is 5.73 Å². The first kappa shape index (κ1) is 11.0. The van der Waals surface area contributed by atoms with Crippen molar-refractivity contribution in [1.29, 1.82) is 0 Å². The van der Waals surface area contributed by atoms with Crippen LogP contribution in [0.4, 0.5) is 0 Å². The van der Waals surface area contributed by atoms with Crippen LogP contribution in [0.2, 0.25) is 0 Å². The van der Waals surface area contributed by atoms with Gasteiger partial charge in [0.15, 0.2) is 0 Å². The lowest BCUT2D eigenvalue weighted by molar-refractivity contribution is 0.0959. The van der Waals surface area contributed by atoms with Crippen LogP contribution >= 0.6 is 0 Å². The van der Waals surface area contributed by atoms with Crippen LogP contribution in [0.3, 0.4) is 0 Å². The molecule has 1 rings (SSSR count). The van der Waals surface area contributed by atoms with Gasteiger partial charge in [-0.25, -0.2) is 0 Å². The van der Waals surface area contributed by atoms with Crippen LogP contribution in [0.25, 0.3) is 0 Å². The van der Waals surface area contributed by atoms with Crippen LogP contribution in [0.15, 0.2) is 0 Å². The van der Waals surface area contributed by atoms with Crippen molar-refractivity contribution in [1.82, 2.24) is 4.90 Å². The van der Waals surface area contributed by atoms with Crippen molar-refractivity contribution in [2.75, 3.05) is 27.3 Å². The zero-order valence-electron chi connectivity index (χ0n) is 8.83. The van der Waals surface area contributed by atoms with E-state index in [2.05, 4.69) is 11.9 Å². The van der Waals surface area contributed by atoms with Crippen molar-refractivity contribution >= 4 is 0 Å².